The van der Waals surface area contributed by atoms with Gasteiger partial charge in [-0.3, -0.25) is 4.79 Å². The summed E-state index contributed by atoms with van der Waals surface area (Å²) in [6.45, 7) is 2.65. The molecule has 2 aromatic rings. The van der Waals surface area contributed by atoms with Crippen LogP contribution in [-0.2, 0) is 11.2 Å². The lowest BCUT2D eigenvalue weighted by atomic mass is 10.0. The van der Waals surface area contributed by atoms with Crippen molar-refractivity contribution in [3.63, 3.8) is 0 Å². The number of rotatable bonds is 5. The third-order valence-electron chi connectivity index (χ3n) is 4.07. The van der Waals surface area contributed by atoms with E-state index in [9.17, 15) is 9.90 Å². The molecule has 0 saturated heterocycles. The van der Waals surface area contributed by atoms with Gasteiger partial charge < -0.3 is 19.5 Å². The predicted molar refractivity (Wildman–Crippen MR) is 91.9 cm³/mol. The third kappa shape index (κ3) is 3.15. The van der Waals surface area contributed by atoms with E-state index in [2.05, 4.69) is 0 Å². The first-order chi connectivity index (χ1) is 11.6. The molecule has 0 bridgehead atoms. The van der Waals surface area contributed by atoms with E-state index in [1.807, 2.05) is 31.2 Å². The summed E-state index contributed by atoms with van der Waals surface area (Å²) in [6, 6.07) is 12.4. The molecule has 1 unspecified atom stereocenters. The Morgan fingerprint density at radius 3 is 2.62 bits per heavy atom. The Kier molecular flexibility index (Phi) is 4.60. The maximum Gasteiger partial charge on any atom is 0.268 e. The number of nitrogens with zero attached hydrogens (tertiary/aromatic N) is 1. The molecule has 1 aliphatic heterocycles. The lowest BCUT2D eigenvalue weighted by Crippen LogP contribution is -2.47. The number of methoxy groups -OCH3 is 1. The average molecular weight is 327 g/mol. The Hall–Kier alpha value is -2.69. The van der Waals surface area contributed by atoms with Crippen LogP contribution < -0.4 is 14.4 Å². The number of aromatic hydroxyl groups is 1. The molecule has 126 valence electrons. The number of benzene rings is 2. The molecule has 1 aliphatic rings. The van der Waals surface area contributed by atoms with Crippen molar-refractivity contribution in [3.8, 4) is 17.2 Å². The van der Waals surface area contributed by atoms with Gasteiger partial charge in [0.2, 0.25) is 0 Å². The number of hydrogen-bond acceptors (Lipinski definition) is 4. The lowest BCUT2D eigenvalue weighted by Gasteiger charge is -2.34. The zero-order chi connectivity index (χ0) is 17.1. The predicted octanol–water partition coefficient (Wildman–Crippen LogP) is 3.15. The quantitative estimate of drug-likeness (QED) is 0.916. The van der Waals surface area contributed by atoms with Crippen molar-refractivity contribution in [2.75, 3.05) is 18.6 Å². The van der Waals surface area contributed by atoms with Gasteiger partial charge in [-0.05, 0) is 36.2 Å². The van der Waals surface area contributed by atoms with Crippen LogP contribution in [0.15, 0.2) is 42.5 Å². The maximum atomic E-state index is 12.8. The SMILES string of the molecule is CCCN1C(=O)C(Cc2ccc(OC)cc2)Oc2cc(O)ccc21. The van der Waals surface area contributed by atoms with Crippen LogP contribution in [0.4, 0.5) is 5.69 Å². The Bertz CT molecular complexity index is 727. The Morgan fingerprint density at radius 2 is 1.96 bits per heavy atom. The van der Waals surface area contributed by atoms with E-state index in [0.29, 0.717) is 24.4 Å². The van der Waals surface area contributed by atoms with Gasteiger partial charge in [0.15, 0.2) is 6.10 Å². The summed E-state index contributed by atoms with van der Waals surface area (Å²) in [6.07, 6.45) is 0.721. The van der Waals surface area contributed by atoms with Crippen molar-refractivity contribution >= 4 is 11.6 Å². The molecule has 0 fully saturated rings. The minimum Gasteiger partial charge on any atom is -0.508 e. The fourth-order valence-electron chi connectivity index (χ4n) is 2.88. The number of amides is 1. The minimum absolute atomic E-state index is 0.0501. The molecule has 0 saturated carbocycles. The number of hydrogen-bond donors (Lipinski definition) is 1. The molecule has 5 nitrogen and oxygen atoms in total. The van der Waals surface area contributed by atoms with Crippen molar-refractivity contribution in [3.05, 3.63) is 48.0 Å². The molecule has 5 heteroatoms. The molecule has 0 aromatic heterocycles. The lowest BCUT2D eigenvalue weighted by molar-refractivity contribution is -0.126. The zero-order valence-corrected chi connectivity index (χ0v) is 13.9. The van der Waals surface area contributed by atoms with Crippen LogP contribution >= 0.6 is 0 Å². The van der Waals surface area contributed by atoms with Crippen molar-refractivity contribution < 1.29 is 19.4 Å². The van der Waals surface area contributed by atoms with Crippen LogP contribution in [0.1, 0.15) is 18.9 Å². The second-order valence-corrected chi connectivity index (χ2v) is 5.80. The molecule has 1 amide bonds. The molecule has 1 atom stereocenters. The molecule has 1 N–H and O–H groups in total. The van der Waals surface area contributed by atoms with Crippen molar-refractivity contribution in [2.45, 2.75) is 25.9 Å². The number of anilines is 1. The number of carbonyl (C=O) groups is 1. The highest BCUT2D eigenvalue weighted by Crippen LogP contribution is 2.37. The Morgan fingerprint density at radius 1 is 1.21 bits per heavy atom. The molecule has 2 aromatic carbocycles. The Labute approximate surface area is 141 Å². The highest BCUT2D eigenvalue weighted by atomic mass is 16.5. The van der Waals surface area contributed by atoms with E-state index < -0.39 is 6.10 Å². The fraction of sp³-hybridized carbons (Fsp3) is 0.316. The molecular weight excluding hydrogens is 306 g/mol. The summed E-state index contributed by atoms with van der Waals surface area (Å²) in [4.78, 5) is 14.5. The smallest absolute Gasteiger partial charge is 0.268 e. The second kappa shape index (κ2) is 6.83. The molecule has 3 rings (SSSR count). The minimum atomic E-state index is -0.598. The highest BCUT2D eigenvalue weighted by molar-refractivity contribution is 6.00. The summed E-state index contributed by atoms with van der Waals surface area (Å²) in [7, 11) is 1.62. The second-order valence-electron chi connectivity index (χ2n) is 5.80. The van der Waals surface area contributed by atoms with Gasteiger partial charge in [0.25, 0.3) is 5.91 Å². The van der Waals surface area contributed by atoms with Crippen molar-refractivity contribution in [1.82, 2.24) is 0 Å². The number of phenols is 1. The Balaban J connectivity index is 1.87. The summed E-state index contributed by atoms with van der Waals surface area (Å²) in [5, 5.41) is 9.71. The molecular formula is C19H21NO4. The van der Waals surface area contributed by atoms with Gasteiger partial charge in [-0.2, -0.15) is 0 Å². The van der Waals surface area contributed by atoms with Crippen molar-refractivity contribution in [2.24, 2.45) is 0 Å². The van der Waals surface area contributed by atoms with E-state index in [1.165, 1.54) is 0 Å². The summed E-state index contributed by atoms with van der Waals surface area (Å²) in [5.41, 5.74) is 1.71. The molecule has 0 aliphatic carbocycles. The normalized spacial score (nSPS) is 16.5. The van der Waals surface area contributed by atoms with Crippen LogP contribution in [0.3, 0.4) is 0 Å². The molecule has 0 radical (unpaired) electrons. The number of carbonyl (C=O) groups excluding carboxylic acids is 1. The van der Waals surface area contributed by atoms with Gasteiger partial charge in [-0.25, -0.2) is 0 Å². The monoisotopic (exact) mass is 327 g/mol. The summed E-state index contributed by atoms with van der Waals surface area (Å²) < 4.78 is 11.0. The third-order valence-corrected chi connectivity index (χ3v) is 4.07. The number of phenolic OH excluding ortho intramolecular Hbond substituents is 1. The standard InChI is InChI=1S/C19H21NO4/c1-3-10-20-16-9-6-14(21)12-17(16)24-18(19(20)22)11-13-4-7-15(23-2)8-5-13/h4-9,12,18,21H,3,10-11H2,1-2H3. The van der Waals surface area contributed by atoms with E-state index in [1.54, 1.807) is 30.2 Å². The first-order valence-electron chi connectivity index (χ1n) is 8.06. The van der Waals surface area contributed by atoms with Gasteiger partial charge in [0.05, 0.1) is 12.8 Å². The summed E-state index contributed by atoms with van der Waals surface area (Å²) in [5.74, 6) is 1.40. The highest BCUT2D eigenvalue weighted by Gasteiger charge is 2.34. The molecule has 0 spiro atoms. The van der Waals surface area contributed by atoms with Crippen LogP contribution in [0.2, 0.25) is 0 Å². The van der Waals surface area contributed by atoms with Crippen molar-refractivity contribution in [1.29, 1.82) is 0 Å². The van der Waals surface area contributed by atoms with E-state index in [4.69, 9.17) is 9.47 Å². The summed E-state index contributed by atoms with van der Waals surface area (Å²) >= 11 is 0. The van der Waals surface area contributed by atoms with Gasteiger partial charge >= 0.3 is 0 Å². The maximum absolute atomic E-state index is 12.8. The van der Waals surface area contributed by atoms with E-state index in [0.717, 1.165) is 17.7 Å². The fourth-order valence-corrected chi connectivity index (χ4v) is 2.88. The van der Waals surface area contributed by atoms with Crippen LogP contribution in [-0.4, -0.2) is 30.8 Å². The van der Waals surface area contributed by atoms with Crippen LogP contribution in [0, 0.1) is 0 Å². The van der Waals surface area contributed by atoms with Crippen LogP contribution in [0.25, 0.3) is 0 Å². The molecule has 1 heterocycles. The number of ether oxygens (including phenoxy) is 2. The van der Waals surface area contributed by atoms with Gasteiger partial charge in [-0.15, -0.1) is 0 Å². The first-order valence-corrected chi connectivity index (χ1v) is 8.06. The largest absolute Gasteiger partial charge is 0.508 e. The van der Waals surface area contributed by atoms with Gasteiger partial charge in [0.1, 0.15) is 17.2 Å². The van der Waals surface area contributed by atoms with E-state index >= 15 is 0 Å². The topological polar surface area (TPSA) is 59.0 Å². The van der Waals surface area contributed by atoms with Gasteiger partial charge in [-0.1, -0.05) is 19.1 Å². The van der Waals surface area contributed by atoms with Crippen LogP contribution in [0.5, 0.6) is 17.2 Å². The zero-order valence-electron chi connectivity index (χ0n) is 13.9. The first kappa shape index (κ1) is 16.2. The van der Waals surface area contributed by atoms with E-state index in [-0.39, 0.29) is 11.7 Å². The van der Waals surface area contributed by atoms with Gasteiger partial charge in [0, 0.05) is 19.0 Å². The number of fused-ring (bicyclic) bond motifs is 1. The molecule has 24 heavy (non-hydrogen) atoms. The average Bonchev–Trinajstić information content (AvgIpc) is 2.59.